The van der Waals surface area contributed by atoms with E-state index >= 15 is 4.39 Å². The van der Waals surface area contributed by atoms with Gasteiger partial charge in [0.2, 0.25) is 5.13 Å². The third kappa shape index (κ3) is 14.0. The van der Waals surface area contributed by atoms with Crippen LogP contribution in [0.5, 0.6) is 0 Å². The second kappa shape index (κ2) is 22.4. The summed E-state index contributed by atoms with van der Waals surface area (Å²) in [5.74, 6) is -4.97. The van der Waals surface area contributed by atoms with Crippen LogP contribution in [0.25, 0.3) is 22.3 Å². The van der Waals surface area contributed by atoms with Gasteiger partial charge in [0.05, 0.1) is 5.56 Å². The van der Waals surface area contributed by atoms with Crippen LogP contribution in [0, 0.1) is 36.3 Å². The van der Waals surface area contributed by atoms with Crippen molar-refractivity contribution >= 4 is 85.1 Å². The highest BCUT2D eigenvalue weighted by atomic mass is 32.1. The van der Waals surface area contributed by atoms with E-state index in [9.17, 15) is 38.3 Å². The second-order valence-electron chi connectivity index (χ2n) is 18.4. The minimum Gasteiger partial charge on any atom is -0.478 e. The molecule has 0 bridgehead atoms. The quantitative estimate of drug-likeness (QED) is 0.0636. The zero-order chi connectivity index (χ0) is 51.8. The zero-order valence-electron chi connectivity index (χ0n) is 39.7. The number of carbonyl (C=O) groups is 6. The number of thiazole rings is 2. The first kappa shape index (κ1) is 52.7. The predicted molar refractivity (Wildman–Crippen MR) is 272 cm³/mol. The van der Waals surface area contributed by atoms with Gasteiger partial charge in [-0.3, -0.25) is 39.9 Å². The largest absolute Gasteiger partial charge is 0.478 e. The number of hydrogen-bond donors (Lipinski definition) is 6. The number of carboxylic acid groups (broad SMARTS) is 1. The number of hydrogen-bond acceptors (Lipinski definition) is 13. The van der Waals surface area contributed by atoms with Gasteiger partial charge < -0.3 is 15.7 Å². The van der Waals surface area contributed by atoms with Gasteiger partial charge in [-0.05, 0) is 107 Å². The van der Waals surface area contributed by atoms with Crippen molar-refractivity contribution in [1.29, 1.82) is 0 Å². The number of aromatic nitrogens is 4. The number of rotatable bonds is 13. The van der Waals surface area contributed by atoms with Crippen LogP contribution in [-0.4, -0.2) is 73.0 Å². The molecule has 0 aliphatic heterocycles. The molecule has 7 aromatic rings. The van der Waals surface area contributed by atoms with Gasteiger partial charge in [-0.2, -0.15) is 4.37 Å². The van der Waals surface area contributed by atoms with Crippen LogP contribution in [0.2, 0.25) is 0 Å². The number of benzene rings is 4. The second-order valence-corrected chi connectivity index (χ2v) is 20.9. The fraction of sp³-hybridized carbons (Fsp3) is 0.240. The van der Waals surface area contributed by atoms with Crippen molar-refractivity contribution in [3.63, 3.8) is 0 Å². The molecular formula is C50H49F2N9O7S3. The average molecular weight is 1020 g/mol. The third-order valence-corrected chi connectivity index (χ3v) is 12.2. The monoisotopic (exact) mass is 1020 g/mol. The van der Waals surface area contributed by atoms with E-state index in [-0.39, 0.29) is 77.8 Å². The van der Waals surface area contributed by atoms with Crippen molar-refractivity contribution in [3.05, 3.63) is 146 Å². The number of nitrogens with zero attached hydrogens (tertiary/aromatic N) is 4. The Bertz CT molecular complexity index is 3110. The van der Waals surface area contributed by atoms with Crippen molar-refractivity contribution in [1.82, 2.24) is 30.0 Å². The molecule has 0 aliphatic rings. The first-order valence-electron chi connectivity index (χ1n) is 21.7. The molecule has 7 rings (SSSR count). The Kier molecular flexibility index (Phi) is 16.7. The molecule has 0 spiro atoms. The summed E-state index contributed by atoms with van der Waals surface area (Å²) in [6.07, 6.45) is 4.39. The van der Waals surface area contributed by atoms with Gasteiger partial charge in [0.15, 0.2) is 10.3 Å². The topological polar surface area (TPSA) is 234 Å². The van der Waals surface area contributed by atoms with Crippen LogP contribution < -0.4 is 26.6 Å². The number of carboxylic acids is 1. The number of halogens is 2. The summed E-state index contributed by atoms with van der Waals surface area (Å²) in [5, 5.41) is 27.4. The number of aromatic carboxylic acids is 1. The zero-order valence-corrected chi connectivity index (χ0v) is 42.2. The van der Waals surface area contributed by atoms with E-state index in [2.05, 4.69) is 45.9 Å². The standard InChI is InChI=1S/C26H25FN6O3S2.C24H24FN3O4S/c1-14-18(10-16(11-20(14)27)22(35)32-25-30-13-31-38-25)17-6-5-15(21(34)29-12-26(2,3)4)9-19(17)23(36)33-24-28-7-8-37-24;1-13-17(10-15(22(31)32)11-19(13)25)16-6-5-14(20(29)27-12-24(2,3)4)9-18(16)21(30)28-23-26-7-8-33-23/h5-11,13H,12H2,1-4H3,(H,29,34)(H,28,33,36)(H,30,31,32,35);5-11H,12H2,1-4H3,(H,27,29)(H,31,32)(H,26,28,30). The molecule has 0 aliphatic carbocycles. The molecule has 6 N–H and O–H groups in total. The van der Waals surface area contributed by atoms with Gasteiger partial charge in [0.1, 0.15) is 18.0 Å². The summed E-state index contributed by atoms with van der Waals surface area (Å²) in [7, 11) is 0. The molecule has 71 heavy (non-hydrogen) atoms. The number of nitrogens with one attached hydrogen (secondary N) is 5. The summed E-state index contributed by atoms with van der Waals surface area (Å²) in [6.45, 7) is 15.9. The van der Waals surface area contributed by atoms with Gasteiger partial charge in [0, 0.05) is 75.6 Å². The minimum absolute atomic E-state index is 0.0385. The van der Waals surface area contributed by atoms with Gasteiger partial charge in [-0.25, -0.2) is 28.5 Å². The lowest BCUT2D eigenvalue weighted by atomic mass is 9.91. The minimum atomic E-state index is -1.29. The van der Waals surface area contributed by atoms with Crippen LogP contribution >= 0.6 is 34.2 Å². The molecule has 0 radical (unpaired) electrons. The molecule has 3 heterocycles. The van der Waals surface area contributed by atoms with E-state index in [0.29, 0.717) is 40.0 Å². The molecule has 4 aromatic carbocycles. The van der Waals surface area contributed by atoms with Gasteiger partial charge in [0.25, 0.3) is 29.5 Å². The van der Waals surface area contributed by atoms with E-state index in [1.54, 1.807) is 36.0 Å². The van der Waals surface area contributed by atoms with Crippen molar-refractivity contribution < 1.29 is 42.7 Å². The molecule has 0 saturated carbocycles. The fourth-order valence-corrected chi connectivity index (χ4v) is 8.05. The normalized spacial score (nSPS) is 11.2. The lowest BCUT2D eigenvalue weighted by Gasteiger charge is -2.19. The lowest BCUT2D eigenvalue weighted by Crippen LogP contribution is -2.32. The maximum absolute atomic E-state index is 15.0. The van der Waals surface area contributed by atoms with Gasteiger partial charge in [-0.15, -0.1) is 22.7 Å². The van der Waals surface area contributed by atoms with Crippen molar-refractivity contribution in [2.45, 2.75) is 55.4 Å². The highest BCUT2D eigenvalue weighted by Gasteiger charge is 2.24. The van der Waals surface area contributed by atoms with Gasteiger partial charge in [-0.1, -0.05) is 53.7 Å². The molecule has 0 saturated heterocycles. The highest BCUT2D eigenvalue weighted by molar-refractivity contribution is 7.14. The predicted octanol–water partition coefficient (Wildman–Crippen LogP) is 10.4. The molecule has 16 nitrogen and oxygen atoms in total. The maximum atomic E-state index is 15.0. The Morgan fingerprint density at radius 3 is 1.37 bits per heavy atom. The Hall–Kier alpha value is -7.62. The molecule has 5 amide bonds. The molecule has 0 unspecified atom stereocenters. The molecule has 21 heteroatoms. The maximum Gasteiger partial charge on any atom is 0.335 e. The number of anilines is 3. The molecular weight excluding hydrogens is 973 g/mol. The van der Waals surface area contributed by atoms with E-state index in [4.69, 9.17) is 0 Å². The van der Waals surface area contributed by atoms with Crippen molar-refractivity contribution in [2.75, 3.05) is 29.0 Å². The van der Waals surface area contributed by atoms with Gasteiger partial charge >= 0.3 is 5.97 Å². The Labute approximate surface area is 419 Å². The molecule has 368 valence electrons. The van der Waals surface area contributed by atoms with Crippen molar-refractivity contribution in [2.24, 2.45) is 10.8 Å². The highest BCUT2D eigenvalue weighted by Crippen LogP contribution is 2.34. The van der Waals surface area contributed by atoms with Crippen LogP contribution in [-0.2, 0) is 0 Å². The SMILES string of the molecule is Cc1c(F)cc(C(=O)Nc2ncns2)cc1-c1ccc(C(=O)NCC(C)(C)C)cc1C(=O)Nc1nccs1.Cc1c(F)cc(C(=O)O)cc1-c1ccc(C(=O)NCC(C)(C)C)cc1C(=O)Nc1nccs1. The van der Waals surface area contributed by atoms with Crippen molar-refractivity contribution in [3.8, 4) is 22.3 Å². The van der Waals surface area contributed by atoms with E-state index in [1.807, 2.05) is 41.5 Å². The number of carbonyl (C=O) groups excluding carboxylic acids is 5. The summed E-state index contributed by atoms with van der Waals surface area (Å²) >= 11 is 3.45. The first-order chi connectivity index (χ1) is 33.5. The van der Waals surface area contributed by atoms with Crippen LogP contribution in [0.3, 0.4) is 0 Å². The molecule has 0 fully saturated rings. The van der Waals surface area contributed by atoms with Crippen LogP contribution in [0.15, 0.2) is 90.1 Å². The van der Waals surface area contributed by atoms with E-state index in [1.165, 1.54) is 78.5 Å². The Morgan fingerprint density at radius 2 is 0.972 bits per heavy atom. The smallest absolute Gasteiger partial charge is 0.335 e. The Balaban J connectivity index is 0.000000235. The third-order valence-electron chi connectivity index (χ3n) is 10.3. The molecule has 3 aromatic heterocycles. The summed E-state index contributed by atoms with van der Waals surface area (Å²) < 4.78 is 33.4. The lowest BCUT2D eigenvalue weighted by molar-refractivity contribution is 0.0695. The number of amides is 5. The van der Waals surface area contributed by atoms with E-state index < -0.39 is 35.3 Å². The fourth-order valence-electron chi connectivity index (χ4n) is 6.58. The average Bonchev–Trinajstić information content (AvgIpc) is 4.15. The molecule has 0 atom stereocenters. The van der Waals surface area contributed by atoms with Crippen LogP contribution in [0.4, 0.5) is 24.2 Å². The summed E-state index contributed by atoms with van der Waals surface area (Å²) in [5.41, 5.74) is 1.94. The summed E-state index contributed by atoms with van der Waals surface area (Å²) in [4.78, 5) is 88.4. The first-order valence-corrected chi connectivity index (χ1v) is 24.2. The van der Waals surface area contributed by atoms with E-state index in [0.717, 1.165) is 23.7 Å². The summed E-state index contributed by atoms with van der Waals surface area (Å²) in [6, 6.07) is 14.0. The Morgan fingerprint density at radius 1 is 0.535 bits per heavy atom. The van der Waals surface area contributed by atoms with Crippen LogP contribution in [0.1, 0.15) is 115 Å².